The zero-order valence-electron chi connectivity index (χ0n) is 17.2. The highest BCUT2D eigenvalue weighted by atomic mass is 35.5. The number of benzene rings is 2. The number of hydrogen-bond acceptors (Lipinski definition) is 5. The van der Waals surface area contributed by atoms with Crippen LogP contribution < -0.4 is 14.9 Å². The van der Waals surface area contributed by atoms with Crippen molar-refractivity contribution in [3.05, 3.63) is 107 Å². The minimum Gasteiger partial charge on any atom is -0.466 e. The fourth-order valence-electron chi connectivity index (χ4n) is 3.44. The Morgan fingerprint density at radius 1 is 1.19 bits per heavy atom. The van der Waals surface area contributed by atoms with Gasteiger partial charge < -0.3 is 4.74 Å². The Hall–Kier alpha value is -2.93. The van der Waals surface area contributed by atoms with Crippen molar-refractivity contribution in [2.75, 3.05) is 7.11 Å². The molecule has 3 aromatic rings. The van der Waals surface area contributed by atoms with Crippen LogP contribution in [0.3, 0.4) is 0 Å². The lowest BCUT2D eigenvalue weighted by Crippen LogP contribution is -2.38. The number of esters is 1. The number of aromatic nitrogens is 1. The number of fused-ring (bicyclic) bond motifs is 1. The summed E-state index contributed by atoms with van der Waals surface area (Å²) in [7, 11) is 1.31. The average molecular weight is 485 g/mol. The van der Waals surface area contributed by atoms with E-state index in [9.17, 15) is 9.59 Å². The summed E-state index contributed by atoms with van der Waals surface area (Å²) < 4.78 is 6.95. The summed E-state index contributed by atoms with van der Waals surface area (Å²) in [6, 6.07) is 14.1. The minimum atomic E-state index is -0.651. The third kappa shape index (κ3) is 4.35. The molecule has 0 aliphatic carbocycles. The molecule has 0 spiro atoms. The first-order valence-electron chi connectivity index (χ1n) is 9.68. The molecule has 1 aliphatic heterocycles. The normalized spacial score (nSPS) is 16.2. The van der Waals surface area contributed by atoms with E-state index in [4.69, 9.17) is 27.9 Å². The van der Waals surface area contributed by atoms with E-state index >= 15 is 0 Å². The lowest BCUT2D eigenvalue weighted by Gasteiger charge is -2.21. The van der Waals surface area contributed by atoms with Gasteiger partial charge in [-0.1, -0.05) is 83.1 Å². The monoisotopic (exact) mass is 484 g/mol. The number of carbonyl (C=O) groups is 1. The van der Waals surface area contributed by atoms with Gasteiger partial charge >= 0.3 is 5.97 Å². The number of hydrogen-bond donors (Lipinski definition) is 0. The third-order valence-corrected chi connectivity index (χ3v) is 6.53. The topological polar surface area (TPSA) is 60.7 Å². The van der Waals surface area contributed by atoms with Gasteiger partial charge in [-0.25, -0.2) is 9.79 Å². The van der Waals surface area contributed by atoms with E-state index in [1.54, 1.807) is 31.2 Å². The Morgan fingerprint density at radius 3 is 2.62 bits per heavy atom. The van der Waals surface area contributed by atoms with E-state index < -0.39 is 12.0 Å². The molecular formula is C24H18Cl2N2O3S. The van der Waals surface area contributed by atoms with Gasteiger partial charge in [0, 0.05) is 10.0 Å². The van der Waals surface area contributed by atoms with Crippen LogP contribution in [0.1, 0.15) is 24.1 Å². The van der Waals surface area contributed by atoms with Crippen LogP contribution in [0.15, 0.2) is 75.7 Å². The van der Waals surface area contributed by atoms with Crippen molar-refractivity contribution in [3.63, 3.8) is 0 Å². The smallest absolute Gasteiger partial charge is 0.338 e. The van der Waals surface area contributed by atoms with Crippen molar-refractivity contribution in [3.8, 4) is 0 Å². The van der Waals surface area contributed by atoms with Gasteiger partial charge in [0.05, 0.1) is 29.0 Å². The predicted molar refractivity (Wildman–Crippen MR) is 129 cm³/mol. The van der Waals surface area contributed by atoms with Crippen LogP contribution in [0.25, 0.3) is 12.2 Å². The second-order valence-corrected chi connectivity index (χ2v) is 8.90. The first kappa shape index (κ1) is 22.3. The molecule has 1 aliphatic rings. The highest BCUT2D eigenvalue weighted by Crippen LogP contribution is 2.26. The molecule has 5 nitrogen and oxygen atoms in total. The molecule has 1 atom stereocenters. The van der Waals surface area contributed by atoms with Crippen LogP contribution in [-0.2, 0) is 9.53 Å². The quantitative estimate of drug-likeness (QED) is 0.516. The van der Waals surface area contributed by atoms with Crippen molar-refractivity contribution in [1.82, 2.24) is 4.57 Å². The first-order chi connectivity index (χ1) is 15.4. The highest BCUT2D eigenvalue weighted by Gasteiger charge is 2.30. The second-order valence-electron chi connectivity index (χ2n) is 7.05. The van der Waals surface area contributed by atoms with E-state index in [0.29, 0.717) is 36.2 Å². The SMILES string of the molecule is COC(=O)C1=C(C)N=c2s/c(=C/c3ccc(Cl)cc3Cl)c(=O)n2[C@H]1/C=C/c1ccccc1. The van der Waals surface area contributed by atoms with Crippen molar-refractivity contribution in [2.45, 2.75) is 13.0 Å². The van der Waals surface area contributed by atoms with Crippen LogP contribution in [0.5, 0.6) is 0 Å². The van der Waals surface area contributed by atoms with Gasteiger partial charge in [0.15, 0.2) is 4.80 Å². The Labute approximate surface area is 198 Å². The van der Waals surface area contributed by atoms with Gasteiger partial charge in [-0.3, -0.25) is 9.36 Å². The van der Waals surface area contributed by atoms with Crippen molar-refractivity contribution in [2.24, 2.45) is 4.99 Å². The first-order valence-corrected chi connectivity index (χ1v) is 11.3. The van der Waals surface area contributed by atoms with E-state index in [1.165, 1.54) is 23.0 Å². The van der Waals surface area contributed by atoms with Gasteiger partial charge in [-0.05, 0) is 36.3 Å². The molecule has 2 aromatic carbocycles. The molecule has 162 valence electrons. The molecule has 0 fully saturated rings. The Kier molecular flexibility index (Phi) is 6.46. The zero-order valence-corrected chi connectivity index (χ0v) is 19.5. The van der Waals surface area contributed by atoms with Crippen LogP contribution in [-0.4, -0.2) is 17.6 Å². The summed E-state index contributed by atoms with van der Waals surface area (Å²) in [5, 5.41) is 0.952. The van der Waals surface area contributed by atoms with E-state index in [-0.39, 0.29) is 5.56 Å². The summed E-state index contributed by atoms with van der Waals surface area (Å²) in [6.07, 6.45) is 5.40. The number of ether oxygens (including phenoxy) is 1. The number of allylic oxidation sites excluding steroid dienone is 2. The van der Waals surface area contributed by atoms with Crippen LogP contribution in [0.4, 0.5) is 0 Å². The maximum Gasteiger partial charge on any atom is 0.338 e. The second kappa shape index (κ2) is 9.28. The summed E-state index contributed by atoms with van der Waals surface area (Å²) in [4.78, 5) is 31.0. The molecule has 0 radical (unpaired) electrons. The van der Waals surface area contributed by atoms with Gasteiger partial charge in [0.1, 0.15) is 0 Å². The van der Waals surface area contributed by atoms with E-state index in [2.05, 4.69) is 4.99 Å². The molecule has 0 N–H and O–H groups in total. The number of rotatable bonds is 4. The van der Waals surface area contributed by atoms with E-state index in [1.807, 2.05) is 42.5 Å². The standard InChI is InChI=1S/C24H18Cl2N2O3S/c1-14-21(23(30)31-2)19(11-8-15-6-4-3-5-7-15)28-22(29)20(32-24(28)27-14)12-16-9-10-17(25)13-18(16)26/h3-13,19H,1-2H3/b11-8+,20-12+/t19-/m0/s1. The molecule has 0 unspecified atom stereocenters. The summed E-state index contributed by atoms with van der Waals surface area (Å²) >= 11 is 13.5. The Bertz CT molecular complexity index is 1440. The van der Waals surface area contributed by atoms with Crippen molar-refractivity contribution < 1.29 is 9.53 Å². The van der Waals surface area contributed by atoms with Gasteiger partial charge in [-0.2, -0.15) is 0 Å². The summed E-state index contributed by atoms with van der Waals surface area (Å²) in [5.74, 6) is -0.524. The highest BCUT2D eigenvalue weighted by molar-refractivity contribution is 7.07. The maximum atomic E-state index is 13.4. The molecule has 32 heavy (non-hydrogen) atoms. The molecule has 1 aromatic heterocycles. The number of carbonyl (C=O) groups excluding carboxylic acids is 1. The number of halogens is 2. The van der Waals surface area contributed by atoms with Gasteiger partial charge in [-0.15, -0.1) is 0 Å². The minimum absolute atomic E-state index is 0.267. The number of thiazole rings is 1. The molecule has 4 rings (SSSR count). The van der Waals surface area contributed by atoms with Gasteiger partial charge in [0.2, 0.25) is 0 Å². The number of methoxy groups -OCH3 is 1. The largest absolute Gasteiger partial charge is 0.466 e. The molecule has 0 saturated carbocycles. The van der Waals surface area contributed by atoms with Crippen molar-refractivity contribution in [1.29, 1.82) is 0 Å². The summed E-state index contributed by atoms with van der Waals surface area (Å²) in [5.41, 5.74) is 2.18. The molecular weight excluding hydrogens is 467 g/mol. The molecule has 2 heterocycles. The predicted octanol–water partition coefficient (Wildman–Crippen LogP) is 4.38. The van der Waals surface area contributed by atoms with Crippen LogP contribution in [0, 0.1) is 0 Å². The fraction of sp³-hybridized carbons (Fsp3) is 0.125. The average Bonchev–Trinajstić information content (AvgIpc) is 3.08. The third-order valence-electron chi connectivity index (χ3n) is 4.99. The molecule has 0 bridgehead atoms. The van der Waals surface area contributed by atoms with Crippen LogP contribution in [0.2, 0.25) is 10.0 Å². The lowest BCUT2D eigenvalue weighted by atomic mass is 10.0. The van der Waals surface area contributed by atoms with Crippen LogP contribution >= 0.6 is 34.5 Å². The molecule has 0 amide bonds. The Morgan fingerprint density at radius 2 is 1.94 bits per heavy atom. The van der Waals surface area contributed by atoms with Gasteiger partial charge in [0.25, 0.3) is 5.56 Å². The van der Waals surface area contributed by atoms with E-state index in [0.717, 1.165) is 5.56 Å². The lowest BCUT2D eigenvalue weighted by molar-refractivity contribution is -0.136. The summed E-state index contributed by atoms with van der Waals surface area (Å²) in [6.45, 7) is 1.74. The molecule has 8 heteroatoms. The zero-order chi connectivity index (χ0) is 22.8. The maximum absolute atomic E-state index is 13.4. The van der Waals surface area contributed by atoms with Crippen molar-refractivity contribution >= 4 is 52.7 Å². The Balaban J connectivity index is 1.90. The fourth-order valence-corrected chi connectivity index (χ4v) is 4.95. The number of nitrogens with zero attached hydrogens (tertiary/aromatic N) is 2. The molecule has 0 saturated heterocycles.